The van der Waals surface area contributed by atoms with E-state index in [1.807, 2.05) is 6.07 Å². The quantitative estimate of drug-likeness (QED) is 0.407. The molecule has 142 valence electrons. The molecular weight excluding hydrogens is 314 g/mol. The second-order valence-corrected chi connectivity index (χ2v) is 7.19. The Morgan fingerprint density at radius 2 is 2.00 bits per heavy atom. The fourth-order valence-corrected chi connectivity index (χ4v) is 3.10. The lowest BCUT2D eigenvalue weighted by atomic mass is 10.1. The zero-order valence-corrected chi connectivity index (χ0v) is 16.2. The van der Waals surface area contributed by atoms with Crippen LogP contribution in [0.4, 0.5) is 0 Å². The fourth-order valence-electron chi connectivity index (χ4n) is 3.10. The van der Waals surface area contributed by atoms with Gasteiger partial charge in [0.25, 0.3) is 0 Å². The Balaban J connectivity index is 1.54. The SMILES string of the molecule is CN=C(NCCCCCN1CCCCC1)NCc1cc(C(C)C)no1. The van der Waals surface area contributed by atoms with Crippen LogP contribution >= 0.6 is 0 Å². The highest BCUT2D eigenvalue weighted by atomic mass is 16.5. The van der Waals surface area contributed by atoms with Crippen molar-refractivity contribution in [3.8, 4) is 0 Å². The molecule has 2 rings (SSSR count). The van der Waals surface area contributed by atoms with Gasteiger partial charge in [0.05, 0.1) is 12.2 Å². The van der Waals surface area contributed by atoms with Crippen LogP contribution in [-0.2, 0) is 6.54 Å². The highest BCUT2D eigenvalue weighted by Gasteiger charge is 2.09. The molecule has 0 aliphatic carbocycles. The van der Waals surface area contributed by atoms with Crippen molar-refractivity contribution in [1.82, 2.24) is 20.7 Å². The van der Waals surface area contributed by atoms with Gasteiger partial charge in [-0.25, -0.2) is 0 Å². The van der Waals surface area contributed by atoms with Crippen LogP contribution in [-0.4, -0.2) is 49.2 Å². The van der Waals surface area contributed by atoms with E-state index in [1.165, 1.54) is 58.2 Å². The Hall–Kier alpha value is -1.56. The van der Waals surface area contributed by atoms with Gasteiger partial charge in [-0.1, -0.05) is 31.8 Å². The molecule has 6 heteroatoms. The molecule has 2 heterocycles. The van der Waals surface area contributed by atoms with Gasteiger partial charge in [0.15, 0.2) is 11.7 Å². The van der Waals surface area contributed by atoms with Gasteiger partial charge in [-0.2, -0.15) is 0 Å². The molecule has 1 aromatic rings. The molecule has 0 unspecified atom stereocenters. The third-order valence-electron chi connectivity index (χ3n) is 4.71. The van der Waals surface area contributed by atoms with Gasteiger partial charge in [0.1, 0.15) is 0 Å². The summed E-state index contributed by atoms with van der Waals surface area (Å²) in [5, 5.41) is 10.7. The van der Waals surface area contributed by atoms with Crippen molar-refractivity contribution in [3.63, 3.8) is 0 Å². The van der Waals surface area contributed by atoms with Gasteiger partial charge < -0.3 is 20.1 Å². The molecule has 0 spiro atoms. The molecule has 1 fully saturated rings. The van der Waals surface area contributed by atoms with Crippen molar-refractivity contribution in [3.05, 3.63) is 17.5 Å². The minimum atomic E-state index is 0.389. The summed E-state index contributed by atoms with van der Waals surface area (Å²) in [6.07, 6.45) is 7.92. The van der Waals surface area contributed by atoms with Crippen LogP contribution in [0.25, 0.3) is 0 Å². The lowest BCUT2D eigenvalue weighted by Crippen LogP contribution is -2.37. The Labute approximate surface area is 152 Å². The third kappa shape index (κ3) is 7.46. The Morgan fingerprint density at radius 3 is 2.68 bits per heavy atom. The van der Waals surface area contributed by atoms with Crippen molar-refractivity contribution in [2.24, 2.45) is 4.99 Å². The molecule has 6 nitrogen and oxygen atoms in total. The highest BCUT2D eigenvalue weighted by Crippen LogP contribution is 2.13. The number of likely N-dealkylation sites (tertiary alicyclic amines) is 1. The van der Waals surface area contributed by atoms with Crippen LogP contribution in [0.2, 0.25) is 0 Å². The number of aliphatic imine (C=N–C) groups is 1. The molecule has 0 atom stereocenters. The zero-order valence-electron chi connectivity index (χ0n) is 16.2. The van der Waals surface area contributed by atoms with Crippen LogP contribution in [0, 0.1) is 0 Å². The second kappa shape index (κ2) is 11.1. The normalized spacial score (nSPS) is 16.4. The topological polar surface area (TPSA) is 65.7 Å². The van der Waals surface area contributed by atoms with Crippen molar-refractivity contribution < 1.29 is 4.52 Å². The monoisotopic (exact) mass is 349 g/mol. The number of hydrogen-bond donors (Lipinski definition) is 2. The van der Waals surface area contributed by atoms with Gasteiger partial charge in [-0.3, -0.25) is 4.99 Å². The first-order chi connectivity index (χ1) is 12.2. The first-order valence-corrected chi connectivity index (χ1v) is 9.81. The number of rotatable bonds is 9. The van der Waals surface area contributed by atoms with E-state index in [4.69, 9.17) is 4.52 Å². The van der Waals surface area contributed by atoms with Crippen LogP contribution in [0.3, 0.4) is 0 Å². The predicted molar refractivity (Wildman–Crippen MR) is 103 cm³/mol. The first-order valence-electron chi connectivity index (χ1n) is 9.81. The number of hydrogen-bond acceptors (Lipinski definition) is 4. The van der Waals surface area contributed by atoms with E-state index < -0.39 is 0 Å². The first kappa shape index (κ1) is 19.8. The van der Waals surface area contributed by atoms with Gasteiger partial charge in [-0.05, 0) is 51.2 Å². The average Bonchev–Trinajstić information content (AvgIpc) is 3.11. The van der Waals surface area contributed by atoms with Crippen molar-refractivity contribution in [2.45, 2.75) is 64.8 Å². The van der Waals surface area contributed by atoms with Crippen molar-refractivity contribution in [2.75, 3.05) is 33.2 Å². The molecule has 0 bridgehead atoms. The number of guanidine groups is 1. The van der Waals surface area contributed by atoms with E-state index >= 15 is 0 Å². The minimum Gasteiger partial charge on any atom is -0.359 e. The predicted octanol–water partition coefficient (Wildman–Crippen LogP) is 3.12. The average molecular weight is 350 g/mol. The summed E-state index contributed by atoms with van der Waals surface area (Å²) in [7, 11) is 1.80. The number of piperidine rings is 1. The molecule has 1 aromatic heterocycles. The van der Waals surface area contributed by atoms with Crippen molar-refractivity contribution >= 4 is 5.96 Å². The maximum atomic E-state index is 5.34. The smallest absolute Gasteiger partial charge is 0.191 e. The van der Waals surface area contributed by atoms with E-state index in [-0.39, 0.29) is 0 Å². The van der Waals surface area contributed by atoms with Crippen molar-refractivity contribution in [1.29, 1.82) is 0 Å². The molecule has 0 amide bonds. The Kier molecular flexibility index (Phi) is 8.80. The molecular formula is C19H35N5O. The van der Waals surface area contributed by atoms with Crippen LogP contribution in [0.1, 0.15) is 69.7 Å². The maximum Gasteiger partial charge on any atom is 0.191 e. The lowest BCUT2D eigenvalue weighted by molar-refractivity contribution is 0.224. The standard InChI is InChI=1S/C19H35N5O/c1-16(2)18-14-17(25-23-18)15-22-19(20-3)21-10-6-4-7-11-24-12-8-5-9-13-24/h14,16H,4-13,15H2,1-3H3,(H2,20,21,22). The number of nitrogens with one attached hydrogen (secondary N) is 2. The summed E-state index contributed by atoms with van der Waals surface area (Å²) in [4.78, 5) is 6.87. The Bertz CT molecular complexity index is 506. The zero-order chi connectivity index (χ0) is 17.9. The highest BCUT2D eigenvalue weighted by molar-refractivity contribution is 5.79. The molecule has 1 saturated heterocycles. The summed E-state index contributed by atoms with van der Waals surface area (Å²) < 4.78 is 5.34. The molecule has 0 aromatic carbocycles. The molecule has 0 radical (unpaired) electrons. The molecule has 25 heavy (non-hydrogen) atoms. The molecule has 0 saturated carbocycles. The largest absolute Gasteiger partial charge is 0.359 e. The summed E-state index contributed by atoms with van der Waals surface area (Å²) >= 11 is 0. The molecule has 1 aliphatic heterocycles. The van der Waals surface area contributed by atoms with E-state index in [1.54, 1.807) is 7.05 Å². The van der Waals surface area contributed by atoms with Crippen LogP contribution in [0.15, 0.2) is 15.6 Å². The molecule has 2 N–H and O–H groups in total. The lowest BCUT2D eigenvalue weighted by Gasteiger charge is -2.26. The number of aromatic nitrogens is 1. The van der Waals surface area contributed by atoms with Gasteiger partial charge in [-0.15, -0.1) is 0 Å². The van der Waals surface area contributed by atoms with Gasteiger partial charge in [0.2, 0.25) is 0 Å². The van der Waals surface area contributed by atoms with Crippen LogP contribution < -0.4 is 10.6 Å². The summed E-state index contributed by atoms with van der Waals surface area (Å²) in [5.74, 6) is 2.05. The number of nitrogens with zero attached hydrogens (tertiary/aromatic N) is 3. The van der Waals surface area contributed by atoms with E-state index in [0.717, 1.165) is 24.0 Å². The number of unbranched alkanes of at least 4 members (excludes halogenated alkanes) is 2. The summed E-state index contributed by atoms with van der Waals surface area (Å²) in [6.45, 7) is 9.64. The summed E-state index contributed by atoms with van der Waals surface area (Å²) in [5.41, 5.74) is 0.994. The maximum absolute atomic E-state index is 5.34. The van der Waals surface area contributed by atoms with E-state index in [0.29, 0.717) is 12.5 Å². The fraction of sp³-hybridized carbons (Fsp3) is 0.789. The minimum absolute atomic E-state index is 0.389. The second-order valence-electron chi connectivity index (χ2n) is 7.19. The molecule has 1 aliphatic rings. The van der Waals surface area contributed by atoms with Gasteiger partial charge in [0, 0.05) is 19.7 Å². The van der Waals surface area contributed by atoms with Crippen LogP contribution in [0.5, 0.6) is 0 Å². The van der Waals surface area contributed by atoms with E-state index in [2.05, 4.69) is 39.5 Å². The van der Waals surface area contributed by atoms with Gasteiger partial charge >= 0.3 is 0 Å². The van der Waals surface area contributed by atoms with E-state index in [9.17, 15) is 0 Å². The Morgan fingerprint density at radius 1 is 1.20 bits per heavy atom. The third-order valence-corrected chi connectivity index (χ3v) is 4.71. The summed E-state index contributed by atoms with van der Waals surface area (Å²) in [6, 6.07) is 2.01.